The zero-order valence-corrected chi connectivity index (χ0v) is 16.1. The Hall–Kier alpha value is -2.05. The van der Waals surface area contributed by atoms with Gasteiger partial charge < -0.3 is 0 Å². The molecule has 1 saturated carbocycles. The maximum absolute atomic E-state index is 14.3. The third kappa shape index (κ3) is 3.96. The first kappa shape index (κ1) is 18.3. The number of fused-ring (bicyclic) bond motifs is 1. The Kier molecular flexibility index (Phi) is 5.10. The monoisotopic (exact) mass is 387 g/mol. The van der Waals surface area contributed by atoms with Crippen molar-refractivity contribution >= 4 is 23.0 Å². The molecule has 2 aliphatic carbocycles. The molecule has 0 aliphatic heterocycles. The fourth-order valence-corrected chi connectivity index (χ4v) is 4.77. The molecule has 27 heavy (non-hydrogen) atoms. The lowest BCUT2D eigenvalue weighted by molar-refractivity contribution is 0.0269. The molecule has 2 aromatic rings. The highest BCUT2D eigenvalue weighted by atomic mass is 32.1. The quantitative estimate of drug-likeness (QED) is 0.749. The van der Waals surface area contributed by atoms with Crippen molar-refractivity contribution in [3.63, 3.8) is 0 Å². The van der Waals surface area contributed by atoms with Crippen molar-refractivity contribution in [2.45, 2.75) is 45.4 Å². The lowest BCUT2D eigenvalue weighted by Gasteiger charge is -2.13. The number of nitrogens with one attached hydrogen (secondary N) is 1. The highest BCUT2D eigenvalue weighted by Gasteiger charge is 2.30. The Morgan fingerprint density at radius 2 is 2.15 bits per heavy atom. The summed E-state index contributed by atoms with van der Waals surface area (Å²) in [6, 6.07) is 5.10. The molecule has 1 heterocycles. The van der Waals surface area contributed by atoms with Crippen LogP contribution in [-0.4, -0.2) is 18.3 Å². The fraction of sp³-hybridized carbons (Fsp3) is 0.429. The van der Waals surface area contributed by atoms with Crippen LogP contribution >= 0.6 is 11.3 Å². The maximum atomic E-state index is 14.3. The van der Waals surface area contributed by atoms with Crippen LogP contribution in [0.15, 0.2) is 18.2 Å². The van der Waals surface area contributed by atoms with E-state index in [0.29, 0.717) is 47.8 Å². The van der Waals surface area contributed by atoms with Gasteiger partial charge >= 0.3 is 0 Å². The van der Waals surface area contributed by atoms with E-state index in [0.717, 1.165) is 35.3 Å². The van der Waals surface area contributed by atoms with Crippen molar-refractivity contribution in [3.8, 4) is 0 Å². The third-order valence-corrected chi connectivity index (χ3v) is 6.40. The minimum absolute atomic E-state index is 0.0739. The molecule has 4 rings (SSSR count). The number of benzene rings is 1. The summed E-state index contributed by atoms with van der Waals surface area (Å²) in [5.74, 6) is -0.0105. The number of amides is 1. The zero-order valence-electron chi connectivity index (χ0n) is 15.3. The number of hydroxylamine groups is 1. The molecule has 0 atom stereocenters. The Morgan fingerprint density at radius 3 is 2.89 bits per heavy atom. The van der Waals surface area contributed by atoms with Crippen LogP contribution in [0.5, 0.6) is 0 Å². The zero-order chi connectivity index (χ0) is 19.0. The second-order valence-electron chi connectivity index (χ2n) is 7.44. The van der Waals surface area contributed by atoms with Crippen LogP contribution in [-0.2, 0) is 17.7 Å². The van der Waals surface area contributed by atoms with Crippen LogP contribution in [0.3, 0.4) is 0 Å². The molecule has 2 aliphatic rings. The summed E-state index contributed by atoms with van der Waals surface area (Å²) in [4.78, 5) is 31.9. The number of hydrogen-bond donors (Lipinski definition) is 1. The summed E-state index contributed by atoms with van der Waals surface area (Å²) in [7, 11) is 0. The van der Waals surface area contributed by atoms with Gasteiger partial charge in [0.25, 0.3) is 5.91 Å². The van der Waals surface area contributed by atoms with Crippen molar-refractivity contribution in [2.24, 2.45) is 5.92 Å². The minimum atomic E-state index is -0.328. The minimum Gasteiger partial charge on any atom is -0.293 e. The SMILES string of the molecule is Cc1ccc(Cc2sc3c(c2C(=O)NOCC2CC2)CCCC3=O)c(F)c1. The van der Waals surface area contributed by atoms with Gasteiger partial charge in [-0.05, 0) is 61.3 Å². The van der Waals surface area contributed by atoms with Crippen molar-refractivity contribution in [2.75, 3.05) is 6.61 Å². The lowest BCUT2D eigenvalue weighted by atomic mass is 9.92. The van der Waals surface area contributed by atoms with E-state index in [2.05, 4.69) is 5.48 Å². The van der Waals surface area contributed by atoms with Crippen molar-refractivity contribution in [3.05, 3.63) is 56.0 Å². The maximum Gasteiger partial charge on any atom is 0.276 e. The summed E-state index contributed by atoms with van der Waals surface area (Å²) in [5, 5.41) is 0. The van der Waals surface area contributed by atoms with Crippen LogP contribution in [0.2, 0.25) is 0 Å². The van der Waals surface area contributed by atoms with Crippen molar-refractivity contribution < 1.29 is 18.8 Å². The van der Waals surface area contributed by atoms with E-state index >= 15 is 0 Å². The topological polar surface area (TPSA) is 55.4 Å². The Bertz CT molecular complexity index is 901. The van der Waals surface area contributed by atoms with Crippen LogP contribution < -0.4 is 5.48 Å². The van der Waals surface area contributed by atoms with Crippen molar-refractivity contribution in [1.29, 1.82) is 0 Å². The van der Waals surface area contributed by atoms with Crippen molar-refractivity contribution in [1.82, 2.24) is 5.48 Å². The first-order chi connectivity index (χ1) is 13.0. The van der Waals surface area contributed by atoms with Gasteiger partial charge in [-0.2, -0.15) is 0 Å². The van der Waals surface area contributed by atoms with E-state index in [-0.39, 0.29) is 17.5 Å². The van der Waals surface area contributed by atoms with Crippen LogP contribution in [0.1, 0.15) is 67.3 Å². The number of ketones is 1. The molecule has 0 unspecified atom stereocenters. The number of Topliss-reactive ketones (excluding diaryl/α,β-unsaturated/α-hetero) is 1. The summed E-state index contributed by atoms with van der Waals surface area (Å²) in [6.45, 7) is 2.35. The number of rotatable bonds is 6. The second-order valence-corrected chi connectivity index (χ2v) is 8.55. The predicted molar refractivity (Wildman–Crippen MR) is 102 cm³/mol. The first-order valence-corrected chi connectivity index (χ1v) is 10.2. The summed E-state index contributed by atoms with van der Waals surface area (Å²) in [6.07, 6.45) is 4.50. The molecule has 1 fully saturated rings. The molecule has 6 heteroatoms. The number of thiophene rings is 1. The molecular weight excluding hydrogens is 365 g/mol. The van der Waals surface area contributed by atoms with E-state index in [1.165, 1.54) is 17.4 Å². The van der Waals surface area contributed by atoms with E-state index in [9.17, 15) is 14.0 Å². The van der Waals surface area contributed by atoms with Gasteiger partial charge in [-0.3, -0.25) is 14.4 Å². The summed E-state index contributed by atoms with van der Waals surface area (Å²) >= 11 is 1.33. The molecule has 0 radical (unpaired) electrons. The van der Waals surface area contributed by atoms with Gasteiger partial charge in [-0.1, -0.05) is 12.1 Å². The molecule has 0 spiro atoms. The fourth-order valence-electron chi connectivity index (χ4n) is 3.44. The van der Waals surface area contributed by atoms with Gasteiger partial charge in [-0.15, -0.1) is 11.3 Å². The molecule has 1 aromatic carbocycles. The molecule has 4 nitrogen and oxygen atoms in total. The standard InChI is InChI=1S/C21H22FNO3S/c1-12-5-8-14(16(22)9-12)10-18-19(21(25)23-26-11-13-6-7-13)15-3-2-4-17(24)20(15)27-18/h5,8-9,13H,2-4,6-7,10-11H2,1H3,(H,23,25). The van der Waals surface area contributed by atoms with E-state index in [1.807, 2.05) is 13.0 Å². The Balaban J connectivity index is 1.64. The van der Waals surface area contributed by atoms with Gasteiger partial charge in [0.05, 0.1) is 17.0 Å². The predicted octanol–water partition coefficient (Wildman–Crippen LogP) is 4.38. The van der Waals surface area contributed by atoms with Gasteiger partial charge in [0, 0.05) is 17.7 Å². The van der Waals surface area contributed by atoms with Gasteiger partial charge in [-0.25, -0.2) is 9.87 Å². The largest absolute Gasteiger partial charge is 0.293 e. The van der Waals surface area contributed by atoms with Crippen LogP contribution in [0.25, 0.3) is 0 Å². The molecule has 0 bridgehead atoms. The van der Waals surface area contributed by atoms with Crippen LogP contribution in [0.4, 0.5) is 4.39 Å². The lowest BCUT2D eigenvalue weighted by Crippen LogP contribution is -2.27. The Morgan fingerprint density at radius 1 is 1.33 bits per heavy atom. The van der Waals surface area contributed by atoms with E-state index in [1.54, 1.807) is 6.07 Å². The molecule has 142 valence electrons. The number of carbonyl (C=O) groups excluding carboxylic acids is 2. The van der Waals surface area contributed by atoms with E-state index in [4.69, 9.17) is 4.84 Å². The molecule has 1 amide bonds. The molecule has 1 aromatic heterocycles. The van der Waals surface area contributed by atoms with Gasteiger partial charge in [0.1, 0.15) is 5.82 Å². The number of carbonyl (C=O) groups is 2. The van der Waals surface area contributed by atoms with Crippen LogP contribution in [0, 0.1) is 18.7 Å². The number of hydrogen-bond acceptors (Lipinski definition) is 4. The first-order valence-electron chi connectivity index (χ1n) is 9.38. The molecule has 1 N–H and O–H groups in total. The van der Waals surface area contributed by atoms with Gasteiger partial charge in [0.15, 0.2) is 5.78 Å². The Labute approximate surface area is 161 Å². The third-order valence-electron chi connectivity index (χ3n) is 5.13. The summed E-state index contributed by atoms with van der Waals surface area (Å²) < 4.78 is 14.3. The smallest absolute Gasteiger partial charge is 0.276 e. The highest BCUT2D eigenvalue weighted by molar-refractivity contribution is 7.14. The second kappa shape index (κ2) is 7.52. The number of halogens is 1. The molecule has 0 saturated heterocycles. The average molecular weight is 387 g/mol. The van der Waals surface area contributed by atoms with E-state index < -0.39 is 0 Å². The normalized spacial score (nSPS) is 16.3. The molecular formula is C21H22FNO3S. The number of aryl methyl sites for hydroxylation is 1. The summed E-state index contributed by atoms with van der Waals surface area (Å²) in [5.41, 5.74) is 5.21. The average Bonchev–Trinajstić information content (AvgIpc) is 3.37. The highest BCUT2D eigenvalue weighted by Crippen LogP contribution is 2.36. The van der Waals surface area contributed by atoms with Gasteiger partial charge in [0.2, 0.25) is 0 Å².